The number of hydrogen-bond acceptors (Lipinski definition) is 0. The van der Waals surface area contributed by atoms with Gasteiger partial charge in [0.25, 0.3) is 0 Å². The van der Waals surface area contributed by atoms with Crippen molar-refractivity contribution in [2.75, 3.05) is 0 Å². The zero-order chi connectivity index (χ0) is 32.9. The van der Waals surface area contributed by atoms with Crippen molar-refractivity contribution in [1.82, 2.24) is 13.8 Å². The molecule has 0 radical (unpaired) electrons. The second kappa shape index (κ2) is 9.03. The highest BCUT2D eigenvalue weighted by molar-refractivity contribution is 6.25. The summed E-state index contributed by atoms with van der Waals surface area (Å²) in [7, 11) is 0. The third-order valence-electron chi connectivity index (χ3n) is 11.7. The Kier molecular flexibility index (Phi) is 4.62. The fourth-order valence-electron chi connectivity index (χ4n) is 9.48. The molecule has 0 aliphatic rings. The van der Waals surface area contributed by atoms with Crippen LogP contribution in [0.15, 0.2) is 158 Å². The lowest BCUT2D eigenvalue weighted by molar-refractivity contribution is 1.37. The average molecular weight is 646 g/mol. The molecule has 51 heavy (non-hydrogen) atoms. The smallest absolute Gasteiger partial charge is 0.0620 e. The van der Waals surface area contributed by atoms with Gasteiger partial charge in [-0.3, -0.25) is 0 Å². The molecule has 0 bridgehead atoms. The fourth-order valence-corrected chi connectivity index (χ4v) is 9.48. The summed E-state index contributed by atoms with van der Waals surface area (Å²) in [5.74, 6) is 0. The maximum Gasteiger partial charge on any atom is 0.0620 e. The molecule has 1 N–H and O–H groups in total. The van der Waals surface area contributed by atoms with Crippen molar-refractivity contribution >= 4 is 98.0 Å². The van der Waals surface area contributed by atoms with Crippen LogP contribution in [0.1, 0.15) is 0 Å². The lowest BCUT2D eigenvalue weighted by Gasteiger charge is -2.06. The van der Waals surface area contributed by atoms with Crippen molar-refractivity contribution in [2.24, 2.45) is 0 Å². The average Bonchev–Trinajstić information content (AvgIpc) is 3.98. The minimum atomic E-state index is 1.16. The van der Waals surface area contributed by atoms with Crippen LogP contribution in [0.25, 0.3) is 120 Å². The molecule has 0 unspecified atom stereocenters. The number of fused-ring (bicyclic) bond motifs is 15. The number of benzene rings is 8. The highest BCUT2D eigenvalue weighted by Gasteiger charge is 2.19. The van der Waals surface area contributed by atoms with Gasteiger partial charge in [-0.2, -0.15) is 0 Å². The number of hydrogen-bond donors (Lipinski definition) is 1. The van der Waals surface area contributed by atoms with E-state index in [2.05, 4.69) is 172 Å². The van der Waals surface area contributed by atoms with E-state index in [1.165, 1.54) is 109 Å². The lowest BCUT2D eigenvalue weighted by atomic mass is 9.98. The quantitative estimate of drug-likeness (QED) is 0.194. The van der Waals surface area contributed by atoms with Gasteiger partial charge in [-0.25, -0.2) is 0 Å². The molecular weight excluding hydrogens is 619 g/mol. The summed E-state index contributed by atoms with van der Waals surface area (Å²) in [6, 6.07) is 58.7. The first kappa shape index (κ1) is 26.1. The van der Waals surface area contributed by atoms with Gasteiger partial charge in [0.1, 0.15) is 0 Å². The van der Waals surface area contributed by atoms with Gasteiger partial charge in [-0.1, -0.05) is 97.1 Å². The molecule has 13 aromatic rings. The molecule has 0 amide bonds. The lowest BCUT2D eigenvalue weighted by Crippen LogP contribution is -1.82. The maximum atomic E-state index is 3.69. The van der Waals surface area contributed by atoms with E-state index in [0.717, 1.165) is 11.0 Å². The van der Waals surface area contributed by atoms with E-state index in [-0.39, 0.29) is 0 Å². The van der Waals surface area contributed by atoms with Crippen LogP contribution in [0.4, 0.5) is 0 Å². The monoisotopic (exact) mass is 645 g/mol. The number of aromatic amines is 1. The largest absolute Gasteiger partial charge is 0.355 e. The number of H-pyrrole nitrogens is 1. The maximum absolute atomic E-state index is 3.69. The standard InChI is InChI=1S/C48H27N3/c1-3-13-43-31(7-1)33-9-5-11-35-39-25-29(17-21-45(39)50(43)47(33)35)27-15-19-41-37(23-27)38-24-28(16-20-42(38)49-41)30-18-22-46-40(26-30)36-12-6-10-34-32-8-2-4-14-44(32)51(46)48(34)36/h1-26,49H. The molecule has 0 atom stereocenters. The van der Waals surface area contributed by atoms with E-state index in [1.807, 2.05) is 0 Å². The van der Waals surface area contributed by atoms with Crippen molar-refractivity contribution in [3.05, 3.63) is 158 Å². The Balaban J connectivity index is 0.974. The van der Waals surface area contributed by atoms with Crippen LogP contribution in [0.5, 0.6) is 0 Å². The van der Waals surface area contributed by atoms with Gasteiger partial charge >= 0.3 is 0 Å². The first-order valence-corrected chi connectivity index (χ1v) is 17.7. The van der Waals surface area contributed by atoms with Crippen molar-refractivity contribution in [3.63, 3.8) is 0 Å². The van der Waals surface area contributed by atoms with E-state index >= 15 is 0 Å². The Labute approximate surface area is 290 Å². The van der Waals surface area contributed by atoms with Crippen LogP contribution in [-0.4, -0.2) is 13.8 Å². The molecule has 0 spiro atoms. The zero-order valence-electron chi connectivity index (χ0n) is 27.4. The topological polar surface area (TPSA) is 24.6 Å². The molecule has 3 heteroatoms. The Bertz CT molecular complexity index is 3350. The van der Waals surface area contributed by atoms with Gasteiger partial charge < -0.3 is 13.8 Å². The molecule has 13 rings (SSSR count). The summed E-state index contributed by atoms with van der Waals surface area (Å²) >= 11 is 0. The van der Waals surface area contributed by atoms with Gasteiger partial charge in [0.15, 0.2) is 0 Å². The van der Waals surface area contributed by atoms with Gasteiger partial charge in [0.2, 0.25) is 0 Å². The Morgan fingerprint density at radius 2 is 0.627 bits per heavy atom. The van der Waals surface area contributed by atoms with Crippen LogP contribution < -0.4 is 0 Å². The summed E-state index contributed by atoms with van der Waals surface area (Å²) in [4.78, 5) is 3.69. The highest BCUT2D eigenvalue weighted by Crippen LogP contribution is 2.43. The zero-order valence-corrected chi connectivity index (χ0v) is 27.4. The van der Waals surface area contributed by atoms with Crippen LogP contribution >= 0.6 is 0 Å². The third kappa shape index (κ3) is 3.20. The summed E-state index contributed by atoms with van der Waals surface area (Å²) in [5, 5.41) is 13.0. The molecule has 8 aromatic carbocycles. The molecule has 234 valence electrons. The van der Waals surface area contributed by atoms with E-state index in [9.17, 15) is 0 Å². The first-order chi connectivity index (χ1) is 25.3. The van der Waals surface area contributed by atoms with Crippen LogP contribution in [0.3, 0.4) is 0 Å². The summed E-state index contributed by atoms with van der Waals surface area (Å²) in [6.07, 6.45) is 0. The highest BCUT2D eigenvalue weighted by atomic mass is 14.9. The predicted molar refractivity (Wildman–Crippen MR) is 216 cm³/mol. The van der Waals surface area contributed by atoms with E-state index < -0.39 is 0 Å². The van der Waals surface area contributed by atoms with E-state index in [1.54, 1.807) is 0 Å². The summed E-state index contributed by atoms with van der Waals surface area (Å²) < 4.78 is 4.89. The predicted octanol–water partition coefficient (Wildman–Crippen LogP) is 13.0. The first-order valence-electron chi connectivity index (χ1n) is 17.7. The molecule has 0 saturated carbocycles. The van der Waals surface area contributed by atoms with Crippen molar-refractivity contribution in [1.29, 1.82) is 0 Å². The Hall–Kier alpha value is -6.84. The van der Waals surface area contributed by atoms with Crippen LogP contribution in [0, 0.1) is 0 Å². The molecule has 5 heterocycles. The SMILES string of the molecule is c1ccc2c(c1)c1cccc3c4cc(-c5ccc6[nH]c7ccc(-c8ccc9c(c8)c8cccc%10c%11ccccc%11n9c%108)cc7c6c5)ccc4n2c13. The molecule has 0 aliphatic heterocycles. The van der Waals surface area contributed by atoms with Crippen molar-refractivity contribution < 1.29 is 0 Å². The van der Waals surface area contributed by atoms with Gasteiger partial charge in [-0.15, -0.1) is 0 Å². The molecule has 3 nitrogen and oxygen atoms in total. The van der Waals surface area contributed by atoms with E-state index in [0.29, 0.717) is 0 Å². The minimum absolute atomic E-state index is 1.16. The van der Waals surface area contributed by atoms with Crippen LogP contribution in [-0.2, 0) is 0 Å². The van der Waals surface area contributed by atoms with Gasteiger partial charge in [0, 0.05) is 64.9 Å². The molecule has 0 saturated heterocycles. The number of para-hydroxylation sites is 4. The molecule has 0 aliphatic carbocycles. The van der Waals surface area contributed by atoms with Gasteiger partial charge in [-0.05, 0) is 82.9 Å². The number of nitrogens with one attached hydrogen (secondary N) is 1. The van der Waals surface area contributed by atoms with Crippen molar-refractivity contribution in [3.8, 4) is 22.3 Å². The number of nitrogens with zero attached hydrogens (tertiary/aromatic N) is 2. The normalized spacial score (nSPS) is 12.7. The number of rotatable bonds is 2. The Morgan fingerprint density at radius 1 is 0.275 bits per heavy atom. The Morgan fingerprint density at radius 3 is 1.10 bits per heavy atom. The van der Waals surface area contributed by atoms with Crippen molar-refractivity contribution in [2.45, 2.75) is 0 Å². The molecular formula is C48H27N3. The second-order valence-corrected chi connectivity index (χ2v) is 14.2. The number of aromatic nitrogens is 3. The van der Waals surface area contributed by atoms with E-state index in [4.69, 9.17) is 0 Å². The third-order valence-corrected chi connectivity index (χ3v) is 11.7. The summed E-state index contributed by atoms with van der Waals surface area (Å²) in [6.45, 7) is 0. The van der Waals surface area contributed by atoms with Gasteiger partial charge in [0.05, 0.1) is 33.1 Å². The molecule has 5 aromatic heterocycles. The second-order valence-electron chi connectivity index (χ2n) is 14.2. The van der Waals surface area contributed by atoms with Crippen LogP contribution in [0.2, 0.25) is 0 Å². The summed E-state index contributed by atoms with van der Waals surface area (Å²) in [5.41, 5.74) is 14.9. The fraction of sp³-hybridized carbons (Fsp3) is 0. The molecule has 0 fully saturated rings. The minimum Gasteiger partial charge on any atom is -0.355 e.